The normalized spacial score (nSPS) is 14.4. The molecule has 0 aromatic heterocycles. The second kappa shape index (κ2) is 7.97. The average Bonchev–Trinajstić information content (AvgIpc) is 2.65. The molecule has 148 valence electrons. The van der Waals surface area contributed by atoms with Crippen molar-refractivity contribution in [3.05, 3.63) is 64.2 Å². The fourth-order valence-corrected chi connectivity index (χ4v) is 4.64. The lowest BCUT2D eigenvalue weighted by Crippen LogP contribution is -2.56. The highest BCUT2D eigenvalue weighted by molar-refractivity contribution is 7.92. The molecule has 0 atom stereocenters. The minimum atomic E-state index is -3.49. The van der Waals surface area contributed by atoms with Crippen LogP contribution < -0.4 is 4.74 Å². The fraction of sp³-hybridized carbons (Fsp3) is 0.316. The second-order valence-corrected chi connectivity index (χ2v) is 8.79. The summed E-state index contributed by atoms with van der Waals surface area (Å²) in [6, 6.07) is 12.3. The van der Waals surface area contributed by atoms with Gasteiger partial charge in [-0.1, -0.05) is 12.1 Å². The van der Waals surface area contributed by atoms with Gasteiger partial charge < -0.3 is 9.64 Å². The zero-order valence-electron chi connectivity index (χ0n) is 15.3. The monoisotopic (exact) mass is 404 g/mol. The summed E-state index contributed by atoms with van der Waals surface area (Å²) in [5, 5.41) is 10.0. The summed E-state index contributed by atoms with van der Waals surface area (Å²) in [5.41, 5.74) is 0.825. The maximum Gasteiger partial charge on any atom is 0.269 e. The van der Waals surface area contributed by atoms with Crippen LogP contribution in [-0.4, -0.2) is 49.6 Å². The van der Waals surface area contributed by atoms with Crippen molar-refractivity contribution in [3.63, 3.8) is 0 Å². The lowest BCUT2D eigenvalue weighted by molar-refractivity contribution is -0.384. The Labute approximate surface area is 162 Å². The number of nitrogens with zero attached hydrogens (tertiary/aromatic N) is 2. The van der Waals surface area contributed by atoms with E-state index in [1.54, 1.807) is 24.3 Å². The molecule has 0 spiro atoms. The highest BCUT2D eigenvalue weighted by atomic mass is 32.2. The van der Waals surface area contributed by atoms with Gasteiger partial charge in [-0.05, 0) is 36.2 Å². The Hall–Kier alpha value is -2.94. The lowest BCUT2D eigenvalue weighted by Gasteiger charge is -2.38. The number of hydrogen-bond acceptors (Lipinski definition) is 6. The van der Waals surface area contributed by atoms with Crippen molar-refractivity contribution >= 4 is 21.4 Å². The second-order valence-electron chi connectivity index (χ2n) is 6.56. The first-order chi connectivity index (χ1) is 13.3. The maximum atomic E-state index is 12.6. The van der Waals surface area contributed by atoms with Crippen LogP contribution in [0.25, 0.3) is 0 Å². The number of non-ortho nitro benzene ring substituents is 1. The third-order valence-corrected chi connectivity index (χ3v) is 6.91. The van der Waals surface area contributed by atoms with Crippen molar-refractivity contribution in [3.8, 4) is 5.75 Å². The number of carbonyl (C=O) groups is 1. The van der Waals surface area contributed by atoms with Gasteiger partial charge in [-0.15, -0.1) is 0 Å². The Kier molecular flexibility index (Phi) is 5.64. The van der Waals surface area contributed by atoms with Crippen molar-refractivity contribution in [2.24, 2.45) is 0 Å². The van der Waals surface area contributed by atoms with Crippen LogP contribution in [0, 0.1) is 10.1 Å². The molecular weight excluding hydrogens is 384 g/mol. The number of aryl methyl sites for hydroxylation is 1. The fourth-order valence-electron chi connectivity index (χ4n) is 2.99. The summed E-state index contributed by atoms with van der Waals surface area (Å²) in [7, 11) is -1.98. The molecule has 0 N–H and O–H groups in total. The molecule has 8 nitrogen and oxygen atoms in total. The van der Waals surface area contributed by atoms with Crippen molar-refractivity contribution in [1.29, 1.82) is 0 Å². The van der Waals surface area contributed by atoms with E-state index in [2.05, 4.69) is 0 Å². The van der Waals surface area contributed by atoms with Gasteiger partial charge in [0.1, 0.15) is 11.0 Å². The standard InChI is InChI=1S/C19H20N2O6S/c1-27-16-7-9-17(10-8-16)28(25,26)18-12-20(13-18)19(22)11-4-14-2-5-15(6-3-14)21(23)24/h2-3,5-10,18H,4,11-13H2,1H3. The van der Waals surface area contributed by atoms with Gasteiger partial charge >= 0.3 is 0 Å². The van der Waals surface area contributed by atoms with Crippen LogP contribution in [0.15, 0.2) is 53.4 Å². The largest absolute Gasteiger partial charge is 0.497 e. The van der Waals surface area contributed by atoms with Crippen LogP contribution in [0.2, 0.25) is 0 Å². The van der Waals surface area contributed by atoms with Crippen LogP contribution in [0.3, 0.4) is 0 Å². The van der Waals surface area contributed by atoms with E-state index in [0.29, 0.717) is 12.2 Å². The summed E-state index contributed by atoms with van der Waals surface area (Å²) < 4.78 is 30.3. The van der Waals surface area contributed by atoms with E-state index in [-0.39, 0.29) is 36.0 Å². The molecule has 0 unspecified atom stereocenters. The van der Waals surface area contributed by atoms with E-state index in [9.17, 15) is 23.3 Å². The molecular formula is C19H20N2O6S. The predicted octanol–water partition coefficient (Wildman–Crippen LogP) is 2.22. The van der Waals surface area contributed by atoms with E-state index < -0.39 is 20.0 Å². The Balaban J connectivity index is 1.52. The van der Waals surface area contributed by atoms with Crippen LogP contribution in [0.4, 0.5) is 5.69 Å². The summed E-state index contributed by atoms with van der Waals surface area (Å²) in [5.74, 6) is 0.454. The van der Waals surface area contributed by atoms with Crippen LogP contribution >= 0.6 is 0 Å². The zero-order chi connectivity index (χ0) is 20.3. The number of benzene rings is 2. The number of nitro groups is 1. The van der Waals surface area contributed by atoms with Gasteiger partial charge in [0.15, 0.2) is 9.84 Å². The van der Waals surface area contributed by atoms with E-state index in [4.69, 9.17) is 4.74 Å². The first-order valence-corrected chi connectivity index (χ1v) is 10.2. The topological polar surface area (TPSA) is 107 Å². The Morgan fingerprint density at radius 1 is 1.14 bits per heavy atom. The predicted molar refractivity (Wildman–Crippen MR) is 102 cm³/mol. The number of hydrogen-bond donors (Lipinski definition) is 0. The third-order valence-electron chi connectivity index (χ3n) is 4.80. The lowest BCUT2D eigenvalue weighted by atomic mass is 10.1. The molecule has 3 rings (SSSR count). The molecule has 1 fully saturated rings. The van der Waals surface area contributed by atoms with Crippen LogP contribution in [0.1, 0.15) is 12.0 Å². The van der Waals surface area contributed by atoms with Gasteiger partial charge in [-0.2, -0.15) is 0 Å². The molecule has 0 saturated carbocycles. The van der Waals surface area contributed by atoms with Crippen molar-refractivity contribution in [1.82, 2.24) is 4.90 Å². The number of rotatable bonds is 7. The Bertz CT molecular complexity index is 964. The molecule has 1 heterocycles. The zero-order valence-corrected chi connectivity index (χ0v) is 16.1. The van der Waals surface area contributed by atoms with Crippen LogP contribution in [0.5, 0.6) is 5.75 Å². The summed E-state index contributed by atoms with van der Waals surface area (Å²) in [6.07, 6.45) is 0.677. The number of likely N-dealkylation sites (tertiary alicyclic amines) is 1. The summed E-state index contributed by atoms with van der Waals surface area (Å²) in [4.78, 5) is 24.2. The van der Waals surface area contributed by atoms with Gasteiger partial charge in [0.25, 0.3) is 5.69 Å². The van der Waals surface area contributed by atoms with Gasteiger partial charge in [0, 0.05) is 31.6 Å². The number of methoxy groups -OCH3 is 1. The Morgan fingerprint density at radius 2 is 1.75 bits per heavy atom. The first kappa shape index (κ1) is 19.8. The SMILES string of the molecule is COc1ccc(S(=O)(=O)C2CN(C(=O)CCc3ccc([N+](=O)[O-])cc3)C2)cc1. The maximum absolute atomic E-state index is 12.6. The number of nitro benzene ring substituents is 1. The molecule has 0 bridgehead atoms. The van der Waals surface area contributed by atoms with Gasteiger partial charge in [-0.3, -0.25) is 14.9 Å². The highest BCUT2D eigenvalue weighted by Crippen LogP contribution is 2.26. The van der Waals surface area contributed by atoms with Gasteiger partial charge in [-0.25, -0.2) is 8.42 Å². The quantitative estimate of drug-likeness (QED) is 0.517. The van der Waals surface area contributed by atoms with Gasteiger partial charge in [0.2, 0.25) is 5.91 Å². The molecule has 1 aliphatic rings. The first-order valence-electron chi connectivity index (χ1n) is 8.70. The van der Waals surface area contributed by atoms with Crippen molar-refractivity contribution in [2.45, 2.75) is 23.0 Å². The molecule has 28 heavy (non-hydrogen) atoms. The number of sulfone groups is 1. The highest BCUT2D eigenvalue weighted by Gasteiger charge is 2.40. The number of carbonyl (C=O) groups excluding carboxylic acids is 1. The molecule has 0 aliphatic carbocycles. The summed E-state index contributed by atoms with van der Waals surface area (Å²) >= 11 is 0. The molecule has 9 heteroatoms. The van der Waals surface area contributed by atoms with Gasteiger partial charge in [0.05, 0.1) is 16.9 Å². The Morgan fingerprint density at radius 3 is 2.29 bits per heavy atom. The molecule has 1 saturated heterocycles. The molecule has 2 aromatic rings. The number of amides is 1. The van der Waals surface area contributed by atoms with E-state index in [0.717, 1.165) is 5.56 Å². The summed E-state index contributed by atoms with van der Waals surface area (Å²) in [6.45, 7) is 0.348. The molecule has 0 radical (unpaired) electrons. The van der Waals surface area contributed by atoms with E-state index in [1.165, 1.54) is 36.3 Å². The molecule has 1 aliphatic heterocycles. The molecule has 1 amide bonds. The number of ether oxygens (including phenoxy) is 1. The van der Waals surface area contributed by atoms with Crippen LogP contribution in [-0.2, 0) is 21.1 Å². The minimum Gasteiger partial charge on any atom is -0.497 e. The smallest absolute Gasteiger partial charge is 0.269 e. The average molecular weight is 404 g/mol. The van der Waals surface area contributed by atoms with E-state index >= 15 is 0 Å². The van der Waals surface area contributed by atoms with Crippen molar-refractivity contribution < 1.29 is 22.9 Å². The van der Waals surface area contributed by atoms with E-state index in [1.807, 2.05) is 0 Å². The van der Waals surface area contributed by atoms with Crippen molar-refractivity contribution in [2.75, 3.05) is 20.2 Å². The third kappa shape index (κ3) is 4.14. The minimum absolute atomic E-state index is 0.00407. The molecule has 2 aromatic carbocycles.